The number of nitrogens with zero attached hydrogens (tertiary/aromatic N) is 2. The van der Waals surface area contributed by atoms with Crippen molar-refractivity contribution in [1.29, 1.82) is 0 Å². The normalized spacial score (nSPS) is 11.6. The second-order valence-electron chi connectivity index (χ2n) is 3.21. The summed E-state index contributed by atoms with van der Waals surface area (Å²) in [6.07, 6.45) is -4.40. The van der Waals surface area contributed by atoms with E-state index in [1.807, 2.05) is 0 Å². The van der Waals surface area contributed by atoms with Crippen molar-refractivity contribution in [1.82, 2.24) is 4.98 Å². The van der Waals surface area contributed by atoms with Gasteiger partial charge in [-0.25, -0.2) is 4.98 Å². The van der Waals surface area contributed by atoms with E-state index >= 15 is 0 Å². The minimum atomic E-state index is -4.40. The number of aryl methyl sites for hydroxylation is 1. The average molecular weight is 204 g/mol. The highest BCUT2D eigenvalue weighted by molar-refractivity contribution is 5.51. The van der Waals surface area contributed by atoms with Gasteiger partial charge in [-0.3, -0.25) is 0 Å². The molecule has 0 unspecified atom stereocenters. The Balaban J connectivity index is 3.30. The Bertz CT molecular complexity index is 331. The largest absolute Gasteiger partial charge is 0.435 e. The van der Waals surface area contributed by atoms with E-state index in [4.69, 9.17) is 0 Å². The first kappa shape index (κ1) is 10.8. The molecule has 0 atom stereocenters. The molecular formula is C9H11F3N2. The van der Waals surface area contributed by atoms with E-state index in [-0.39, 0.29) is 5.69 Å². The summed E-state index contributed by atoms with van der Waals surface area (Å²) in [7, 11) is 3.11. The lowest BCUT2D eigenvalue weighted by molar-refractivity contribution is -0.140. The Hall–Kier alpha value is -1.26. The van der Waals surface area contributed by atoms with E-state index in [1.165, 1.54) is 17.9 Å². The van der Waals surface area contributed by atoms with Crippen molar-refractivity contribution in [3.8, 4) is 0 Å². The lowest BCUT2D eigenvalue weighted by Gasteiger charge is -2.18. The molecule has 0 spiro atoms. The van der Waals surface area contributed by atoms with Gasteiger partial charge in [0.15, 0.2) is 5.69 Å². The van der Waals surface area contributed by atoms with Crippen LogP contribution in [0.4, 0.5) is 18.9 Å². The van der Waals surface area contributed by atoms with Gasteiger partial charge < -0.3 is 4.90 Å². The van der Waals surface area contributed by atoms with Gasteiger partial charge in [0.1, 0.15) is 0 Å². The summed E-state index contributed by atoms with van der Waals surface area (Å²) in [5.74, 6) is 0. The summed E-state index contributed by atoms with van der Waals surface area (Å²) in [6, 6.07) is 2.98. The van der Waals surface area contributed by atoms with Gasteiger partial charge in [0, 0.05) is 19.8 Å². The standard InChI is InChI=1S/C9H11F3N2/c1-6-4-5-7(14(2)3)8(13-6)9(10,11)12/h4-5H,1-3H3. The fraction of sp³-hybridized carbons (Fsp3) is 0.444. The zero-order valence-corrected chi connectivity index (χ0v) is 8.18. The van der Waals surface area contributed by atoms with Crippen LogP contribution in [0.25, 0.3) is 0 Å². The van der Waals surface area contributed by atoms with Crippen LogP contribution in [0.2, 0.25) is 0 Å². The predicted molar refractivity (Wildman–Crippen MR) is 48.3 cm³/mol. The van der Waals surface area contributed by atoms with Crippen molar-refractivity contribution in [3.63, 3.8) is 0 Å². The van der Waals surface area contributed by atoms with Crippen molar-refractivity contribution >= 4 is 5.69 Å². The molecule has 0 aliphatic rings. The Morgan fingerprint density at radius 1 is 1.21 bits per heavy atom. The van der Waals surface area contributed by atoms with Crippen LogP contribution in [0, 0.1) is 6.92 Å². The molecule has 14 heavy (non-hydrogen) atoms. The van der Waals surface area contributed by atoms with E-state index in [1.54, 1.807) is 20.2 Å². The first-order chi connectivity index (χ1) is 6.32. The van der Waals surface area contributed by atoms with Crippen LogP contribution < -0.4 is 4.90 Å². The van der Waals surface area contributed by atoms with Crippen molar-refractivity contribution in [2.24, 2.45) is 0 Å². The summed E-state index contributed by atoms with van der Waals surface area (Å²) < 4.78 is 37.5. The second kappa shape index (κ2) is 3.48. The third-order valence-electron chi connectivity index (χ3n) is 1.76. The van der Waals surface area contributed by atoms with Crippen LogP contribution in [0.5, 0.6) is 0 Å². The maximum absolute atomic E-state index is 12.5. The van der Waals surface area contributed by atoms with Crippen LogP contribution >= 0.6 is 0 Å². The summed E-state index contributed by atoms with van der Waals surface area (Å²) in [4.78, 5) is 4.90. The van der Waals surface area contributed by atoms with E-state index in [0.29, 0.717) is 5.69 Å². The molecule has 1 heterocycles. The molecule has 1 aromatic heterocycles. The zero-order valence-electron chi connectivity index (χ0n) is 8.18. The van der Waals surface area contributed by atoms with Crippen LogP contribution in [0.3, 0.4) is 0 Å². The molecule has 0 aliphatic carbocycles. The van der Waals surface area contributed by atoms with Crippen molar-refractivity contribution in [2.75, 3.05) is 19.0 Å². The number of rotatable bonds is 1. The highest BCUT2D eigenvalue weighted by atomic mass is 19.4. The van der Waals surface area contributed by atoms with E-state index in [2.05, 4.69) is 4.98 Å². The molecule has 1 rings (SSSR count). The molecular weight excluding hydrogens is 193 g/mol. The molecule has 78 valence electrons. The molecule has 0 N–H and O–H groups in total. The summed E-state index contributed by atoms with van der Waals surface area (Å²) in [5.41, 5.74) is -0.381. The number of anilines is 1. The quantitative estimate of drug-likeness (QED) is 0.698. The Labute approximate surface area is 80.4 Å². The minimum Gasteiger partial charge on any atom is -0.376 e. The lowest BCUT2D eigenvalue weighted by Crippen LogP contribution is -2.18. The Morgan fingerprint density at radius 2 is 1.79 bits per heavy atom. The smallest absolute Gasteiger partial charge is 0.376 e. The van der Waals surface area contributed by atoms with E-state index in [0.717, 1.165) is 0 Å². The van der Waals surface area contributed by atoms with Gasteiger partial charge in [-0.2, -0.15) is 13.2 Å². The van der Waals surface area contributed by atoms with Crippen LogP contribution in [0.1, 0.15) is 11.4 Å². The van der Waals surface area contributed by atoms with Gasteiger partial charge in [-0.15, -0.1) is 0 Å². The molecule has 0 aliphatic heterocycles. The highest BCUT2D eigenvalue weighted by Gasteiger charge is 2.36. The fourth-order valence-corrected chi connectivity index (χ4v) is 1.12. The fourth-order valence-electron chi connectivity index (χ4n) is 1.12. The second-order valence-corrected chi connectivity index (χ2v) is 3.21. The molecule has 1 aromatic rings. The van der Waals surface area contributed by atoms with E-state index in [9.17, 15) is 13.2 Å². The SMILES string of the molecule is Cc1ccc(N(C)C)c(C(F)(F)F)n1. The van der Waals surface area contributed by atoms with Gasteiger partial charge in [0.2, 0.25) is 0 Å². The molecule has 0 aromatic carbocycles. The Morgan fingerprint density at radius 3 is 2.21 bits per heavy atom. The average Bonchev–Trinajstić information content (AvgIpc) is 2.01. The molecule has 0 bridgehead atoms. The third-order valence-corrected chi connectivity index (χ3v) is 1.76. The summed E-state index contributed by atoms with van der Waals surface area (Å²) in [5, 5.41) is 0. The molecule has 0 saturated heterocycles. The van der Waals surface area contributed by atoms with E-state index < -0.39 is 11.9 Å². The Kier molecular flexibility index (Phi) is 2.69. The number of alkyl halides is 3. The molecule has 0 radical (unpaired) electrons. The van der Waals surface area contributed by atoms with Crippen LogP contribution in [-0.2, 0) is 6.18 Å². The number of aromatic nitrogens is 1. The topological polar surface area (TPSA) is 16.1 Å². The number of hydrogen-bond acceptors (Lipinski definition) is 2. The van der Waals surface area contributed by atoms with Crippen LogP contribution in [-0.4, -0.2) is 19.1 Å². The molecule has 2 nitrogen and oxygen atoms in total. The summed E-state index contributed by atoms with van der Waals surface area (Å²) in [6.45, 7) is 1.54. The lowest BCUT2D eigenvalue weighted by atomic mass is 10.2. The molecule has 0 amide bonds. The highest BCUT2D eigenvalue weighted by Crippen LogP contribution is 2.34. The van der Waals surface area contributed by atoms with Gasteiger partial charge >= 0.3 is 6.18 Å². The summed E-state index contributed by atoms with van der Waals surface area (Å²) >= 11 is 0. The molecule has 5 heteroatoms. The molecule has 0 fully saturated rings. The number of hydrogen-bond donors (Lipinski definition) is 0. The first-order valence-corrected chi connectivity index (χ1v) is 4.04. The maximum atomic E-state index is 12.5. The van der Waals surface area contributed by atoms with Crippen molar-refractivity contribution in [2.45, 2.75) is 13.1 Å². The van der Waals surface area contributed by atoms with Gasteiger partial charge in [-0.05, 0) is 19.1 Å². The maximum Gasteiger partial charge on any atom is 0.435 e. The molecule has 0 saturated carbocycles. The van der Waals surface area contributed by atoms with Crippen molar-refractivity contribution < 1.29 is 13.2 Å². The van der Waals surface area contributed by atoms with Gasteiger partial charge in [0.05, 0.1) is 5.69 Å². The van der Waals surface area contributed by atoms with Crippen molar-refractivity contribution in [3.05, 3.63) is 23.5 Å². The van der Waals surface area contributed by atoms with Gasteiger partial charge in [0.25, 0.3) is 0 Å². The predicted octanol–water partition coefficient (Wildman–Crippen LogP) is 2.47. The first-order valence-electron chi connectivity index (χ1n) is 4.04. The third kappa shape index (κ3) is 2.16. The number of pyridine rings is 1. The zero-order chi connectivity index (χ0) is 10.9. The minimum absolute atomic E-state index is 0.0862. The van der Waals surface area contributed by atoms with Gasteiger partial charge in [-0.1, -0.05) is 0 Å². The van der Waals surface area contributed by atoms with Crippen LogP contribution in [0.15, 0.2) is 12.1 Å². The number of halogens is 3. The monoisotopic (exact) mass is 204 g/mol.